The lowest BCUT2D eigenvalue weighted by atomic mass is 9.83. The molecular weight excluding hydrogens is 878 g/mol. The van der Waals surface area contributed by atoms with E-state index in [-0.39, 0.29) is 56.6 Å². The number of rotatable bonds is 14. The lowest BCUT2D eigenvalue weighted by molar-refractivity contribution is -0.148. The summed E-state index contributed by atoms with van der Waals surface area (Å²) in [6, 6.07) is 9.51. The van der Waals surface area contributed by atoms with Crippen LogP contribution in [0.1, 0.15) is 90.1 Å². The van der Waals surface area contributed by atoms with E-state index in [2.05, 4.69) is 61.4 Å². The Bertz CT molecular complexity index is 2510. The van der Waals surface area contributed by atoms with Gasteiger partial charge in [-0.3, -0.25) is 29.2 Å². The molecular formula is C54H72FN7O7. The number of carbonyl (C=O) groups is 5. The molecule has 6 rings (SSSR count). The molecule has 2 N–H and O–H groups in total. The second kappa shape index (κ2) is 22.3. The van der Waals surface area contributed by atoms with Gasteiger partial charge in [0.2, 0.25) is 17.7 Å². The van der Waals surface area contributed by atoms with E-state index in [0.717, 1.165) is 50.8 Å². The Balaban J connectivity index is 1.50. The van der Waals surface area contributed by atoms with E-state index in [4.69, 9.17) is 14.5 Å². The number of likely N-dealkylation sites (tertiary alicyclic amines) is 1. The third-order valence-corrected chi connectivity index (χ3v) is 13.9. The first-order valence-electron chi connectivity index (χ1n) is 24.2. The Hall–Kier alpha value is -5.77. The number of aryl methyl sites for hydroxylation is 1. The summed E-state index contributed by atoms with van der Waals surface area (Å²) in [5, 5.41) is 5.39. The fourth-order valence-electron chi connectivity index (χ4n) is 10.4. The average Bonchev–Trinajstić information content (AvgIpc) is 3.95. The number of alkyl halides is 1. The number of halogens is 1. The zero-order valence-corrected chi connectivity index (χ0v) is 42.0. The predicted octanol–water partition coefficient (Wildman–Crippen LogP) is 7.03. The number of aldehydes is 1. The van der Waals surface area contributed by atoms with Gasteiger partial charge in [0.05, 0.1) is 36.6 Å². The van der Waals surface area contributed by atoms with Gasteiger partial charge in [0.1, 0.15) is 30.6 Å². The topological polar surface area (TPSA) is 155 Å². The maximum Gasteiger partial charge on any atom is 0.259 e. The molecule has 0 saturated carbocycles. The normalized spacial score (nSPS) is 22.2. The summed E-state index contributed by atoms with van der Waals surface area (Å²) in [6.45, 7) is 22.7. The van der Waals surface area contributed by atoms with E-state index >= 15 is 4.39 Å². The van der Waals surface area contributed by atoms with E-state index < -0.39 is 47.4 Å². The van der Waals surface area contributed by atoms with Crippen molar-refractivity contribution >= 4 is 52.6 Å². The molecule has 2 fully saturated rings. The minimum Gasteiger partial charge on any atom is -0.378 e. The maximum absolute atomic E-state index is 15.0. The summed E-state index contributed by atoms with van der Waals surface area (Å²) in [4.78, 5) is 76.8. The average molecular weight is 950 g/mol. The van der Waals surface area contributed by atoms with Crippen LogP contribution >= 0.6 is 0 Å². The molecule has 5 atom stereocenters. The molecule has 15 heteroatoms. The highest BCUT2D eigenvalue weighted by molar-refractivity contribution is 5.96. The number of likely N-dealkylation sites (N-methyl/N-ethyl adjacent to an activating group) is 1. The first-order chi connectivity index (χ1) is 32.9. The molecule has 14 nitrogen and oxygen atoms in total. The molecule has 4 heterocycles. The summed E-state index contributed by atoms with van der Waals surface area (Å²) >= 11 is 0. The third-order valence-electron chi connectivity index (χ3n) is 13.9. The van der Waals surface area contributed by atoms with E-state index in [0.29, 0.717) is 49.9 Å². The number of methoxy groups -OCH3 is 1. The van der Waals surface area contributed by atoms with Gasteiger partial charge in [0.15, 0.2) is 0 Å². The number of benzene rings is 2. The molecule has 4 amide bonds. The quantitative estimate of drug-likeness (QED) is 0.0756. The van der Waals surface area contributed by atoms with Crippen molar-refractivity contribution in [1.82, 2.24) is 30.1 Å². The van der Waals surface area contributed by atoms with Crippen molar-refractivity contribution in [3.05, 3.63) is 89.8 Å². The van der Waals surface area contributed by atoms with E-state index in [1.54, 1.807) is 31.3 Å². The predicted molar refractivity (Wildman–Crippen MR) is 269 cm³/mol. The zero-order chi connectivity index (χ0) is 50.4. The standard InChI is InChI=1S/C54H72FN7O7/c1-12-41(47(56-14-3)35(7)68-11)49-43-28-53(8,9)32-69-33-54(31-63)20-16-21-62(58-54)52(67)44(57-50(65)48(34(5)6)59(10)51(66)39-19-22-60(30-39)46(64)13-2)26-36-23-37(29-55)25-40(24-36)38-17-18-45(42(43)27-38)61(49)15-4/h12-14,17-18,23-25,27,31,34-35,39,44,48,58H,1-2,15-16,19-22,26,28-30,32-33H2,3-11H3,(H,57,65)/b47-41+,56-14-/t35-,39-,44-,48-,54-/m0/s1. The van der Waals surface area contributed by atoms with Crippen molar-refractivity contribution in [3.63, 3.8) is 0 Å². The van der Waals surface area contributed by atoms with Gasteiger partial charge in [-0.1, -0.05) is 65.1 Å². The van der Waals surface area contributed by atoms with Gasteiger partial charge in [-0.25, -0.2) is 9.82 Å². The molecule has 0 radical (unpaired) electrons. The lowest BCUT2D eigenvalue weighted by Crippen LogP contribution is -2.66. The molecule has 6 bridgehead atoms. The largest absolute Gasteiger partial charge is 0.378 e. The third kappa shape index (κ3) is 11.3. The smallest absolute Gasteiger partial charge is 0.259 e. The van der Waals surface area contributed by atoms with Crippen LogP contribution < -0.4 is 10.7 Å². The van der Waals surface area contributed by atoms with Crippen LogP contribution in [-0.4, -0.2) is 126 Å². The van der Waals surface area contributed by atoms with Gasteiger partial charge in [0.25, 0.3) is 5.91 Å². The fraction of sp³-hybridized carbons (Fsp3) is 0.519. The van der Waals surface area contributed by atoms with Crippen molar-refractivity contribution in [2.75, 3.05) is 47.0 Å². The number of carbonyl (C=O) groups excluding carboxylic acids is 5. The fourth-order valence-corrected chi connectivity index (χ4v) is 10.4. The molecule has 3 aromatic rings. The number of hydrogen-bond acceptors (Lipinski definition) is 9. The van der Waals surface area contributed by atoms with Crippen LogP contribution in [0.3, 0.4) is 0 Å². The molecule has 69 heavy (non-hydrogen) atoms. The number of amides is 4. The van der Waals surface area contributed by atoms with Crippen LogP contribution in [0.2, 0.25) is 0 Å². The van der Waals surface area contributed by atoms with Crippen molar-refractivity contribution in [2.45, 2.75) is 118 Å². The van der Waals surface area contributed by atoms with Crippen molar-refractivity contribution in [3.8, 4) is 11.1 Å². The highest BCUT2D eigenvalue weighted by Gasteiger charge is 2.42. The molecule has 0 spiro atoms. The Kier molecular flexibility index (Phi) is 17.0. The highest BCUT2D eigenvalue weighted by atomic mass is 19.1. The molecule has 3 aliphatic rings. The van der Waals surface area contributed by atoms with Crippen molar-refractivity contribution < 1.29 is 37.8 Å². The van der Waals surface area contributed by atoms with E-state index in [9.17, 15) is 24.0 Å². The molecule has 2 saturated heterocycles. The monoisotopic (exact) mass is 950 g/mol. The number of allylic oxidation sites excluding steroid dienone is 2. The number of ether oxygens (including phenoxy) is 2. The minimum atomic E-state index is -1.25. The molecule has 2 aromatic carbocycles. The summed E-state index contributed by atoms with van der Waals surface area (Å²) < 4.78 is 29.6. The number of nitrogens with one attached hydrogen (secondary N) is 2. The minimum absolute atomic E-state index is 0.0196. The van der Waals surface area contributed by atoms with Crippen molar-refractivity contribution in [2.24, 2.45) is 22.2 Å². The number of aromatic nitrogens is 1. The molecule has 372 valence electrons. The number of hydrazine groups is 1. The SMILES string of the molecule is C=CC(=O)N1CC[C@H](C(=O)N(C)[C@H](C(=O)N[C@H]2Cc3cc(CF)cc(c3)-c3ccc4c(c3)c(c(/C(C=C)=C(/N=C\C)[C@H](C)OC)n4CC)CC(C)(C)COC[C@@]3(C=O)CCCN(N3)C2=O)C(C)C)C1. The molecule has 1 aromatic heterocycles. The van der Waals surface area contributed by atoms with Gasteiger partial charge >= 0.3 is 0 Å². The summed E-state index contributed by atoms with van der Waals surface area (Å²) in [6.07, 6.45) is 7.12. The van der Waals surface area contributed by atoms with Gasteiger partial charge in [-0.2, -0.15) is 0 Å². The number of aliphatic imine (C=N–C) groups is 1. The molecule has 0 aliphatic carbocycles. The second-order valence-electron chi connectivity index (χ2n) is 19.9. The van der Waals surface area contributed by atoms with Gasteiger partial charge < -0.3 is 34.0 Å². The van der Waals surface area contributed by atoms with E-state index in [1.807, 2.05) is 52.0 Å². The van der Waals surface area contributed by atoms with Crippen LogP contribution in [0.5, 0.6) is 0 Å². The summed E-state index contributed by atoms with van der Waals surface area (Å²) in [7, 11) is 3.23. The van der Waals surface area contributed by atoms with E-state index in [1.165, 1.54) is 16.0 Å². The van der Waals surface area contributed by atoms with Gasteiger partial charge in [0, 0.05) is 69.4 Å². The maximum atomic E-state index is 15.0. The van der Waals surface area contributed by atoms with Crippen LogP contribution in [-0.2, 0) is 59.5 Å². The molecule has 3 aliphatic heterocycles. The lowest BCUT2D eigenvalue weighted by Gasteiger charge is -2.42. The summed E-state index contributed by atoms with van der Waals surface area (Å²) in [5.74, 6) is -2.45. The van der Waals surface area contributed by atoms with Crippen molar-refractivity contribution in [1.29, 1.82) is 0 Å². The number of fused-ring (bicyclic) bond motifs is 6. The number of hydrogen-bond donors (Lipinski definition) is 2. The second-order valence-corrected chi connectivity index (χ2v) is 19.9. The first kappa shape index (κ1) is 52.6. The zero-order valence-electron chi connectivity index (χ0n) is 42.0. The number of nitrogens with zero attached hydrogens (tertiary/aromatic N) is 5. The Morgan fingerprint density at radius 2 is 1.84 bits per heavy atom. The van der Waals surface area contributed by atoms with Gasteiger partial charge in [-0.05, 0) is 110 Å². The van der Waals surface area contributed by atoms with Crippen LogP contribution in [0.4, 0.5) is 4.39 Å². The Labute approximate surface area is 407 Å². The van der Waals surface area contributed by atoms with Crippen LogP contribution in [0, 0.1) is 17.3 Å². The Morgan fingerprint density at radius 1 is 1.09 bits per heavy atom. The highest BCUT2D eigenvalue weighted by Crippen LogP contribution is 2.40. The van der Waals surface area contributed by atoms with Crippen LogP contribution in [0.25, 0.3) is 27.6 Å². The van der Waals surface area contributed by atoms with Crippen LogP contribution in [0.15, 0.2) is 72.4 Å². The van der Waals surface area contributed by atoms with Gasteiger partial charge in [-0.15, -0.1) is 0 Å². The molecule has 0 unspecified atom stereocenters. The summed E-state index contributed by atoms with van der Waals surface area (Å²) in [5.41, 5.74) is 8.60. The Morgan fingerprint density at radius 3 is 2.48 bits per heavy atom. The first-order valence-corrected chi connectivity index (χ1v) is 24.2.